The van der Waals surface area contributed by atoms with Crippen molar-refractivity contribution in [3.8, 4) is 0 Å². The third-order valence-electron chi connectivity index (χ3n) is 3.44. The van der Waals surface area contributed by atoms with Gasteiger partial charge >= 0.3 is 0 Å². The molecule has 2 aromatic carbocycles. The summed E-state index contributed by atoms with van der Waals surface area (Å²) in [5, 5.41) is 3.88. The summed E-state index contributed by atoms with van der Waals surface area (Å²) in [5.74, 6) is 0.395. The van der Waals surface area contributed by atoms with E-state index in [1.54, 1.807) is 4.90 Å². The lowest BCUT2D eigenvalue weighted by Gasteiger charge is -2.20. The van der Waals surface area contributed by atoms with Gasteiger partial charge in [-0.25, -0.2) is 4.99 Å². The van der Waals surface area contributed by atoms with Crippen LogP contribution >= 0.6 is 27.5 Å². The van der Waals surface area contributed by atoms with Crippen LogP contribution in [-0.4, -0.2) is 19.7 Å². The van der Waals surface area contributed by atoms with Gasteiger partial charge < -0.3 is 16.0 Å². The summed E-state index contributed by atoms with van der Waals surface area (Å²) in [5.41, 5.74) is 10.2. The summed E-state index contributed by atoms with van der Waals surface area (Å²) in [6.07, 6.45) is 0. The smallest absolute Gasteiger partial charge is 0.197 e. The van der Waals surface area contributed by atoms with Crippen LogP contribution in [0, 0.1) is 13.8 Å². The second kappa shape index (κ2) is 7.70. The first-order valence-electron chi connectivity index (χ1n) is 7.18. The van der Waals surface area contributed by atoms with E-state index in [1.807, 2.05) is 57.3 Å². The molecule has 0 fully saturated rings. The van der Waals surface area contributed by atoms with Gasteiger partial charge in [-0.15, -0.1) is 0 Å². The van der Waals surface area contributed by atoms with E-state index in [2.05, 4.69) is 26.2 Å². The zero-order valence-corrected chi connectivity index (χ0v) is 15.7. The highest BCUT2D eigenvalue weighted by molar-refractivity contribution is 9.10. The Morgan fingerprint density at radius 2 is 1.87 bits per heavy atom. The molecule has 0 bridgehead atoms. The molecule has 23 heavy (non-hydrogen) atoms. The fourth-order valence-electron chi connectivity index (χ4n) is 2.08. The highest BCUT2D eigenvalue weighted by Crippen LogP contribution is 2.26. The van der Waals surface area contributed by atoms with E-state index in [1.165, 1.54) is 5.56 Å². The van der Waals surface area contributed by atoms with E-state index in [0.29, 0.717) is 17.7 Å². The van der Waals surface area contributed by atoms with Crippen molar-refractivity contribution in [3.05, 3.63) is 57.0 Å². The van der Waals surface area contributed by atoms with Gasteiger partial charge in [0.05, 0.1) is 10.7 Å². The van der Waals surface area contributed by atoms with Crippen molar-refractivity contribution in [2.75, 3.05) is 23.9 Å². The first-order valence-corrected chi connectivity index (χ1v) is 8.35. The minimum atomic E-state index is 0.376. The molecule has 6 heteroatoms. The van der Waals surface area contributed by atoms with Crippen molar-refractivity contribution in [2.45, 2.75) is 13.8 Å². The van der Waals surface area contributed by atoms with E-state index >= 15 is 0 Å². The van der Waals surface area contributed by atoms with E-state index in [9.17, 15) is 0 Å². The van der Waals surface area contributed by atoms with E-state index in [4.69, 9.17) is 17.3 Å². The highest BCUT2D eigenvalue weighted by Gasteiger charge is 2.09. The largest absolute Gasteiger partial charge is 0.369 e. The number of nitrogens with zero attached hydrogens (tertiary/aromatic N) is 2. The molecule has 2 rings (SSSR count). The number of anilines is 2. The van der Waals surface area contributed by atoms with E-state index in [-0.39, 0.29) is 0 Å². The molecule has 3 N–H and O–H groups in total. The molecule has 0 aliphatic carbocycles. The summed E-state index contributed by atoms with van der Waals surface area (Å²) < 4.78 is 1.00. The van der Waals surface area contributed by atoms with Crippen molar-refractivity contribution in [2.24, 2.45) is 10.7 Å². The Bertz CT molecular complexity index is 731. The van der Waals surface area contributed by atoms with Gasteiger partial charge in [0.1, 0.15) is 6.67 Å². The van der Waals surface area contributed by atoms with Crippen molar-refractivity contribution in [1.29, 1.82) is 0 Å². The molecule has 0 aliphatic rings. The Hall–Kier alpha value is -1.72. The zero-order valence-electron chi connectivity index (χ0n) is 13.4. The Morgan fingerprint density at radius 3 is 2.52 bits per heavy atom. The van der Waals surface area contributed by atoms with Crippen LogP contribution in [0.1, 0.15) is 11.1 Å². The average Bonchev–Trinajstić information content (AvgIpc) is 2.48. The third-order valence-corrected chi connectivity index (χ3v) is 4.40. The summed E-state index contributed by atoms with van der Waals surface area (Å²) in [7, 11) is 1.84. The minimum absolute atomic E-state index is 0.376. The monoisotopic (exact) mass is 394 g/mol. The summed E-state index contributed by atoms with van der Waals surface area (Å²) in [4.78, 5) is 6.12. The first kappa shape index (κ1) is 17.6. The highest BCUT2D eigenvalue weighted by atomic mass is 79.9. The lowest BCUT2D eigenvalue weighted by molar-refractivity contribution is 1.09. The van der Waals surface area contributed by atoms with Gasteiger partial charge in [-0.3, -0.25) is 0 Å². The number of benzene rings is 2. The predicted molar refractivity (Wildman–Crippen MR) is 104 cm³/mol. The van der Waals surface area contributed by atoms with Crippen LogP contribution in [0.3, 0.4) is 0 Å². The number of hydrogen-bond donors (Lipinski definition) is 2. The maximum absolute atomic E-state index is 6.26. The maximum atomic E-state index is 6.26. The van der Waals surface area contributed by atoms with E-state index in [0.717, 1.165) is 21.4 Å². The Morgan fingerprint density at radius 1 is 1.22 bits per heavy atom. The number of nitrogens with two attached hydrogens (primary N) is 1. The lowest BCUT2D eigenvalue weighted by Crippen LogP contribution is -2.34. The molecule has 0 heterocycles. The number of rotatable bonds is 4. The zero-order chi connectivity index (χ0) is 17.0. The molecular formula is C17H20BrClN4. The number of nitrogens with one attached hydrogen (secondary N) is 1. The summed E-state index contributed by atoms with van der Waals surface area (Å²) in [6.45, 7) is 4.42. The Labute approximate surface area is 150 Å². The van der Waals surface area contributed by atoms with Crippen LogP contribution < -0.4 is 16.0 Å². The van der Waals surface area contributed by atoms with Gasteiger partial charge in [0.25, 0.3) is 0 Å². The molecule has 2 aromatic rings. The van der Waals surface area contributed by atoms with Gasteiger partial charge in [0.2, 0.25) is 0 Å². The van der Waals surface area contributed by atoms with Crippen LogP contribution in [0.15, 0.2) is 45.9 Å². The maximum Gasteiger partial charge on any atom is 0.197 e. The second-order valence-electron chi connectivity index (χ2n) is 5.35. The SMILES string of the molecule is Cc1ccc(N(C)C(N)=NCNc2ccc(C)cc2Br)c(Cl)c1. The molecule has 0 amide bonds. The summed E-state index contributed by atoms with van der Waals surface area (Å²) >= 11 is 9.79. The quantitative estimate of drug-likeness (QED) is 0.590. The molecular weight excluding hydrogens is 376 g/mol. The number of aliphatic imine (C=N–C) groups is 1. The van der Waals surface area contributed by atoms with Crippen LogP contribution in [0.4, 0.5) is 11.4 Å². The number of guanidine groups is 1. The van der Waals surface area contributed by atoms with Gasteiger partial charge in [0, 0.05) is 17.2 Å². The topological polar surface area (TPSA) is 53.6 Å². The van der Waals surface area contributed by atoms with Crippen LogP contribution in [0.5, 0.6) is 0 Å². The standard InChI is InChI=1S/C17H20BrClN4/c1-11-4-6-15(13(18)8-11)21-10-22-17(20)23(3)16-7-5-12(2)9-14(16)19/h4-9,21H,10H2,1-3H3,(H2,20,22). The van der Waals surface area contributed by atoms with Crippen molar-refractivity contribution in [3.63, 3.8) is 0 Å². The molecule has 122 valence electrons. The van der Waals surface area contributed by atoms with Gasteiger partial charge in [-0.2, -0.15) is 0 Å². The molecule has 0 aromatic heterocycles. The Kier molecular flexibility index (Phi) is 5.91. The lowest BCUT2D eigenvalue weighted by atomic mass is 10.2. The van der Waals surface area contributed by atoms with Gasteiger partial charge in [-0.05, 0) is 65.2 Å². The molecule has 0 spiro atoms. The molecule has 0 aliphatic heterocycles. The molecule has 0 saturated heterocycles. The third kappa shape index (κ3) is 4.62. The average molecular weight is 396 g/mol. The summed E-state index contributed by atoms with van der Waals surface area (Å²) in [6, 6.07) is 11.9. The number of hydrogen-bond acceptors (Lipinski definition) is 2. The molecule has 0 radical (unpaired) electrons. The first-order chi connectivity index (χ1) is 10.9. The van der Waals surface area contributed by atoms with Crippen LogP contribution in [-0.2, 0) is 0 Å². The van der Waals surface area contributed by atoms with Crippen LogP contribution in [0.2, 0.25) is 5.02 Å². The van der Waals surface area contributed by atoms with Crippen molar-refractivity contribution >= 4 is 44.9 Å². The molecule has 0 atom stereocenters. The molecule has 0 saturated carbocycles. The van der Waals surface area contributed by atoms with Crippen molar-refractivity contribution < 1.29 is 0 Å². The number of halogens is 2. The van der Waals surface area contributed by atoms with Crippen LogP contribution in [0.25, 0.3) is 0 Å². The van der Waals surface area contributed by atoms with E-state index < -0.39 is 0 Å². The fourth-order valence-corrected chi connectivity index (χ4v) is 3.08. The second-order valence-corrected chi connectivity index (χ2v) is 6.61. The molecule has 4 nitrogen and oxygen atoms in total. The fraction of sp³-hybridized carbons (Fsp3) is 0.235. The Balaban J connectivity index is 2.04. The van der Waals surface area contributed by atoms with Crippen molar-refractivity contribution in [1.82, 2.24) is 0 Å². The predicted octanol–water partition coefficient (Wildman–Crippen LogP) is 4.54. The number of aryl methyl sites for hydroxylation is 2. The molecule has 0 unspecified atom stereocenters. The van der Waals surface area contributed by atoms with Gasteiger partial charge in [-0.1, -0.05) is 23.7 Å². The normalized spacial score (nSPS) is 11.4. The minimum Gasteiger partial charge on any atom is -0.369 e. The van der Waals surface area contributed by atoms with Gasteiger partial charge in [0.15, 0.2) is 5.96 Å².